The summed E-state index contributed by atoms with van der Waals surface area (Å²) in [5.41, 5.74) is 1.22. The van der Waals surface area contributed by atoms with Crippen molar-refractivity contribution in [3.8, 4) is 11.8 Å². The molecule has 0 fully saturated rings. The van der Waals surface area contributed by atoms with Crippen molar-refractivity contribution in [2.24, 2.45) is 7.05 Å². The molecule has 1 N–H and O–H groups in total. The van der Waals surface area contributed by atoms with Gasteiger partial charge in [0.1, 0.15) is 0 Å². The minimum absolute atomic E-state index is 0.311. The molecule has 0 aliphatic heterocycles. The van der Waals surface area contributed by atoms with Crippen molar-refractivity contribution in [2.45, 2.75) is 32.7 Å². The quantitative estimate of drug-likeness (QED) is 0.744. The number of aryl methyl sites for hydroxylation is 1. The van der Waals surface area contributed by atoms with Crippen molar-refractivity contribution in [1.29, 1.82) is 0 Å². The lowest BCUT2D eigenvalue weighted by atomic mass is 10.1. The minimum Gasteiger partial charge on any atom is -0.309 e. The molecule has 0 aliphatic carbocycles. The molecule has 1 unspecified atom stereocenters. The van der Waals surface area contributed by atoms with Crippen molar-refractivity contribution >= 4 is 0 Å². The first-order valence-corrected chi connectivity index (χ1v) is 5.39. The van der Waals surface area contributed by atoms with Crippen LogP contribution in [0, 0.1) is 11.8 Å². The van der Waals surface area contributed by atoms with E-state index < -0.39 is 0 Å². The molecule has 0 amide bonds. The van der Waals surface area contributed by atoms with Crippen molar-refractivity contribution in [1.82, 2.24) is 15.1 Å². The summed E-state index contributed by atoms with van der Waals surface area (Å²) in [6, 6.07) is 0.311. The van der Waals surface area contributed by atoms with Gasteiger partial charge in [0, 0.05) is 31.3 Å². The Morgan fingerprint density at radius 1 is 1.60 bits per heavy atom. The van der Waals surface area contributed by atoms with Crippen molar-refractivity contribution in [3.05, 3.63) is 18.0 Å². The highest BCUT2D eigenvalue weighted by Crippen LogP contribution is 2.14. The molecule has 1 aromatic rings. The minimum atomic E-state index is 0.311. The highest BCUT2D eigenvalue weighted by Gasteiger charge is 2.10. The summed E-state index contributed by atoms with van der Waals surface area (Å²) in [6.07, 6.45) is 5.94. The van der Waals surface area contributed by atoms with Gasteiger partial charge in [0.25, 0.3) is 0 Å². The summed E-state index contributed by atoms with van der Waals surface area (Å²) in [4.78, 5) is 0. The predicted octanol–water partition coefficient (Wildman–Crippen LogP) is 1.87. The van der Waals surface area contributed by atoms with E-state index >= 15 is 0 Å². The van der Waals surface area contributed by atoms with E-state index in [1.807, 2.05) is 31.0 Å². The average Bonchev–Trinajstić information content (AvgIpc) is 2.65. The van der Waals surface area contributed by atoms with Crippen molar-refractivity contribution < 1.29 is 0 Å². The van der Waals surface area contributed by atoms with Gasteiger partial charge in [0.15, 0.2) is 0 Å². The molecule has 3 nitrogen and oxygen atoms in total. The lowest BCUT2D eigenvalue weighted by molar-refractivity contribution is 0.542. The Bertz CT molecular complexity index is 343. The number of nitrogens with one attached hydrogen (secondary N) is 1. The Kier molecular flexibility index (Phi) is 4.92. The second-order valence-corrected chi connectivity index (χ2v) is 3.58. The second-order valence-electron chi connectivity index (χ2n) is 3.58. The third-order valence-electron chi connectivity index (χ3n) is 2.25. The number of aromatic nitrogens is 2. The van der Waals surface area contributed by atoms with E-state index in [9.17, 15) is 0 Å². The summed E-state index contributed by atoms with van der Waals surface area (Å²) in [5.74, 6) is 6.05. The molecule has 0 radical (unpaired) electrons. The van der Waals surface area contributed by atoms with Crippen LogP contribution in [0.1, 0.15) is 38.3 Å². The monoisotopic (exact) mass is 205 g/mol. The molecule has 0 spiro atoms. The van der Waals surface area contributed by atoms with E-state index in [4.69, 9.17) is 0 Å². The van der Waals surface area contributed by atoms with E-state index in [1.165, 1.54) is 5.56 Å². The van der Waals surface area contributed by atoms with Gasteiger partial charge in [-0.2, -0.15) is 5.10 Å². The maximum Gasteiger partial charge on any atom is 0.0537 e. The number of hydrogen-bond donors (Lipinski definition) is 1. The van der Waals surface area contributed by atoms with E-state index in [0.717, 1.165) is 19.4 Å². The summed E-state index contributed by atoms with van der Waals surface area (Å²) in [5, 5.41) is 7.66. The molecule has 0 saturated heterocycles. The highest BCUT2D eigenvalue weighted by molar-refractivity contribution is 5.14. The van der Waals surface area contributed by atoms with Gasteiger partial charge in [-0.05, 0) is 19.9 Å². The number of hydrogen-bond acceptors (Lipinski definition) is 2. The first kappa shape index (κ1) is 11.8. The Labute approximate surface area is 91.9 Å². The zero-order valence-electron chi connectivity index (χ0n) is 9.75. The van der Waals surface area contributed by atoms with Crippen LogP contribution in [0.25, 0.3) is 0 Å². The zero-order chi connectivity index (χ0) is 11.1. The van der Waals surface area contributed by atoms with Gasteiger partial charge in [-0.1, -0.05) is 6.92 Å². The summed E-state index contributed by atoms with van der Waals surface area (Å²) in [6.45, 7) is 5.06. The van der Waals surface area contributed by atoms with Gasteiger partial charge in [0.05, 0.1) is 6.20 Å². The molecule has 0 saturated carbocycles. The fraction of sp³-hybridized carbons (Fsp3) is 0.583. The second kappa shape index (κ2) is 6.26. The first-order chi connectivity index (χ1) is 7.27. The molecule has 1 aromatic heterocycles. The Hall–Kier alpha value is -1.27. The molecule has 0 aromatic carbocycles. The molecule has 1 atom stereocenters. The van der Waals surface area contributed by atoms with Crippen molar-refractivity contribution in [3.63, 3.8) is 0 Å². The molecule has 82 valence electrons. The Balaban J connectivity index is 2.65. The first-order valence-electron chi connectivity index (χ1n) is 5.39. The molecule has 0 bridgehead atoms. The molecule has 15 heavy (non-hydrogen) atoms. The van der Waals surface area contributed by atoms with Gasteiger partial charge < -0.3 is 5.32 Å². The van der Waals surface area contributed by atoms with Gasteiger partial charge in [-0.25, -0.2) is 0 Å². The molecular weight excluding hydrogens is 186 g/mol. The molecular formula is C12H19N3. The van der Waals surface area contributed by atoms with Crippen LogP contribution in [0.2, 0.25) is 0 Å². The molecule has 0 aliphatic rings. The van der Waals surface area contributed by atoms with Gasteiger partial charge in [-0.3, -0.25) is 4.68 Å². The van der Waals surface area contributed by atoms with E-state index in [-0.39, 0.29) is 0 Å². The fourth-order valence-corrected chi connectivity index (χ4v) is 1.45. The summed E-state index contributed by atoms with van der Waals surface area (Å²) >= 11 is 0. The van der Waals surface area contributed by atoms with Gasteiger partial charge >= 0.3 is 0 Å². The third-order valence-corrected chi connectivity index (χ3v) is 2.25. The average molecular weight is 205 g/mol. The third kappa shape index (κ3) is 3.77. The van der Waals surface area contributed by atoms with E-state index in [2.05, 4.69) is 29.2 Å². The maximum absolute atomic E-state index is 4.18. The van der Waals surface area contributed by atoms with Crippen LogP contribution < -0.4 is 5.32 Å². The van der Waals surface area contributed by atoms with Gasteiger partial charge in [-0.15, -0.1) is 11.8 Å². The van der Waals surface area contributed by atoms with Crippen LogP contribution in [0.5, 0.6) is 0 Å². The van der Waals surface area contributed by atoms with E-state index in [1.54, 1.807) is 0 Å². The normalized spacial score (nSPS) is 11.9. The highest BCUT2D eigenvalue weighted by atomic mass is 15.2. The lowest BCUT2D eigenvalue weighted by Crippen LogP contribution is -2.21. The van der Waals surface area contributed by atoms with Crippen LogP contribution >= 0.6 is 0 Å². The zero-order valence-corrected chi connectivity index (χ0v) is 9.75. The predicted molar refractivity (Wildman–Crippen MR) is 62.3 cm³/mol. The van der Waals surface area contributed by atoms with Gasteiger partial charge in [0.2, 0.25) is 0 Å². The standard InChI is InChI=1S/C12H19N3/c1-4-6-7-12(13-8-5-2)11-9-14-15(3)10-11/h9-10,12-13H,5,7-8H2,1-3H3. The van der Waals surface area contributed by atoms with Crippen LogP contribution in [0.3, 0.4) is 0 Å². The number of nitrogens with zero attached hydrogens (tertiary/aromatic N) is 2. The Morgan fingerprint density at radius 3 is 2.93 bits per heavy atom. The number of rotatable bonds is 5. The van der Waals surface area contributed by atoms with Crippen LogP contribution in [-0.2, 0) is 7.05 Å². The Morgan fingerprint density at radius 2 is 2.40 bits per heavy atom. The van der Waals surface area contributed by atoms with Crippen LogP contribution in [-0.4, -0.2) is 16.3 Å². The molecule has 3 heteroatoms. The van der Waals surface area contributed by atoms with E-state index in [0.29, 0.717) is 6.04 Å². The van der Waals surface area contributed by atoms with Crippen LogP contribution in [0.4, 0.5) is 0 Å². The molecule has 1 heterocycles. The largest absolute Gasteiger partial charge is 0.309 e. The summed E-state index contributed by atoms with van der Waals surface area (Å²) in [7, 11) is 1.94. The maximum atomic E-state index is 4.18. The smallest absolute Gasteiger partial charge is 0.0537 e. The van der Waals surface area contributed by atoms with Crippen LogP contribution in [0.15, 0.2) is 12.4 Å². The lowest BCUT2D eigenvalue weighted by Gasteiger charge is -2.13. The molecule has 1 rings (SSSR count). The van der Waals surface area contributed by atoms with Crippen molar-refractivity contribution in [2.75, 3.05) is 6.54 Å². The SMILES string of the molecule is CC#CCC(NCCC)c1cnn(C)c1. The summed E-state index contributed by atoms with van der Waals surface area (Å²) < 4.78 is 1.83. The fourth-order valence-electron chi connectivity index (χ4n) is 1.45. The topological polar surface area (TPSA) is 29.9 Å².